The molecule has 7 unspecified atom stereocenters. The fraction of sp³-hybridized carbons (Fsp3) is 0.906. The topological polar surface area (TPSA) is 149 Å². The number of ether oxygens (including phenoxy) is 2. The van der Waals surface area contributed by atoms with Gasteiger partial charge in [0.25, 0.3) is 0 Å². The Kier molecular flexibility index (Phi) is 41.2. The molecular formula is C53H101NO8. The molecule has 366 valence electrons. The maximum Gasteiger partial charge on any atom is 0.220 e. The van der Waals surface area contributed by atoms with Gasteiger partial charge in [0.2, 0.25) is 5.91 Å². The van der Waals surface area contributed by atoms with Crippen LogP contribution in [-0.2, 0) is 14.3 Å². The molecule has 0 aromatic carbocycles. The van der Waals surface area contributed by atoms with E-state index in [1.165, 1.54) is 193 Å². The van der Waals surface area contributed by atoms with Crippen molar-refractivity contribution >= 4 is 5.91 Å². The van der Waals surface area contributed by atoms with Gasteiger partial charge in [0.15, 0.2) is 6.29 Å². The van der Waals surface area contributed by atoms with Crippen LogP contribution in [0, 0.1) is 0 Å². The predicted octanol–water partition coefficient (Wildman–Crippen LogP) is 12.2. The molecule has 7 atom stereocenters. The number of aliphatic hydroxyl groups excluding tert-OH is 5. The van der Waals surface area contributed by atoms with Crippen molar-refractivity contribution in [2.75, 3.05) is 13.2 Å². The first kappa shape index (κ1) is 58.7. The summed E-state index contributed by atoms with van der Waals surface area (Å²) in [5, 5.41) is 54.4. The Hall–Kier alpha value is -1.33. The van der Waals surface area contributed by atoms with Crippen LogP contribution in [0.2, 0.25) is 0 Å². The monoisotopic (exact) mass is 880 g/mol. The first-order valence-corrected chi connectivity index (χ1v) is 26.6. The highest BCUT2D eigenvalue weighted by Gasteiger charge is 2.44. The van der Waals surface area contributed by atoms with Crippen LogP contribution in [0.25, 0.3) is 0 Å². The van der Waals surface area contributed by atoms with E-state index in [1.807, 2.05) is 6.08 Å². The zero-order valence-corrected chi connectivity index (χ0v) is 40.4. The first-order chi connectivity index (χ1) is 30.3. The number of amides is 1. The van der Waals surface area contributed by atoms with E-state index in [0.717, 1.165) is 38.5 Å². The van der Waals surface area contributed by atoms with E-state index in [2.05, 4.69) is 31.3 Å². The van der Waals surface area contributed by atoms with Gasteiger partial charge in [-0.3, -0.25) is 4.79 Å². The molecular weight excluding hydrogens is 779 g/mol. The largest absolute Gasteiger partial charge is 0.394 e. The molecule has 0 aromatic heterocycles. The number of nitrogens with one attached hydrogen (secondary N) is 1. The van der Waals surface area contributed by atoms with Gasteiger partial charge in [0.05, 0.1) is 25.4 Å². The van der Waals surface area contributed by atoms with Crippen molar-refractivity contribution in [3.8, 4) is 0 Å². The minimum absolute atomic E-state index is 0.179. The van der Waals surface area contributed by atoms with Crippen molar-refractivity contribution < 1.29 is 39.8 Å². The summed E-state index contributed by atoms with van der Waals surface area (Å²) in [4.78, 5) is 13.0. The third-order valence-electron chi connectivity index (χ3n) is 12.8. The highest BCUT2D eigenvalue weighted by Crippen LogP contribution is 2.23. The lowest BCUT2D eigenvalue weighted by Gasteiger charge is -2.40. The molecule has 0 aromatic rings. The Morgan fingerprint density at radius 3 is 1.31 bits per heavy atom. The second kappa shape index (κ2) is 43.6. The molecule has 1 saturated heterocycles. The van der Waals surface area contributed by atoms with E-state index in [-0.39, 0.29) is 12.5 Å². The molecule has 1 fully saturated rings. The highest BCUT2D eigenvalue weighted by atomic mass is 16.7. The lowest BCUT2D eigenvalue weighted by Crippen LogP contribution is -2.60. The van der Waals surface area contributed by atoms with E-state index in [4.69, 9.17) is 9.47 Å². The third kappa shape index (κ3) is 33.2. The van der Waals surface area contributed by atoms with E-state index in [1.54, 1.807) is 6.08 Å². The number of hydrogen-bond acceptors (Lipinski definition) is 8. The molecule has 0 spiro atoms. The van der Waals surface area contributed by atoms with E-state index >= 15 is 0 Å². The second-order valence-corrected chi connectivity index (χ2v) is 18.7. The fourth-order valence-corrected chi connectivity index (χ4v) is 8.51. The number of carbonyl (C=O) groups is 1. The number of hydrogen-bond donors (Lipinski definition) is 6. The lowest BCUT2D eigenvalue weighted by molar-refractivity contribution is -0.302. The molecule has 0 aliphatic carbocycles. The SMILES string of the molecule is CCCCCCCCCCCCC/C=C\CCCCCCCCCC(=O)NC(COC1OC(CO)C(O)C(O)C1O)C(O)/C=C/CCCCCCCCCCCCCCCCC. The van der Waals surface area contributed by atoms with Crippen LogP contribution in [0.3, 0.4) is 0 Å². The maximum absolute atomic E-state index is 13.0. The van der Waals surface area contributed by atoms with Crippen molar-refractivity contribution in [2.45, 2.75) is 294 Å². The van der Waals surface area contributed by atoms with E-state index < -0.39 is 49.5 Å². The third-order valence-corrected chi connectivity index (χ3v) is 12.8. The van der Waals surface area contributed by atoms with Crippen molar-refractivity contribution in [1.82, 2.24) is 5.32 Å². The fourth-order valence-electron chi connectivity index (χ4n) is 8.51. The lowest BCUT2D eigenvalue weighted by atomic mass is 9.99. The normalized spacial score (nSPS) is 20.4. The van der Waals surface area contributed by atoms with Crippen LogP contribution in [0.5, 0.6) is 0 Å². The molecule has 62 heavy (non-hydrogen) atoms. The van der Waals surface area contributed by atoms with E-state index in [9.17, 15) is 30.3 Å². The highest BCUT2D eigenvalue weighted by molar-refractivity contribution is 5.76. The number of rotatable bonds is 45. The van der Waals surface area contributed by atoms with Gasteiger partial charge in [-0.05, 0) is 44.9 Å². The maximum atomic E-state index is 13.0. The van der Waals surface area contributed by atoms with Crippen LogP contribution in [0.4, 0.5) is 0 Å². The Labute approximate surface area is 381 Å². The average Bonchev–Trinajstić information content (AvgIpc) is 3.27. The van der Waals surface area contributed by atoms with Crippen LogP contribution < -0.4 is 5.32 Å². The Morgan fingerprint density at radius 2 is 0.903 bits per heavy atom. The second-order valence-electron chi connectivity index (χ2n) is 18.7. The summed E-state index contributed by atoms with van der Waals surface area (Å²) in [5.74, 6) is -0.179. The Bertz CT molecular complexity index is 1020. The zero-order valence-electron chi connectivity index (χ0n) is 40.4. The smallest absolute Gasteiger partial charge is 0.220 e. The molecule has 9 nitrogen and oxygen atoms in total. The summed E-state index contributed by atoms with van der Waals surface area (Å²) in [6.45, 7) is 3.80. The predicted molar refractivity (Wildman–Crippen MR) is 258 cm³/mol. The van der Waals surface area contributed by atoms with Crippen LogP contribution in [0.1, 0.15) is 251 Å². The van der Waals surface area contributed by atoms with Crippen molar-refractivity contribution in [2.24, 2.45) is 0 Å². The van der Waals surface area contributed by atoms with Crippen LogP contribution in [0.15, 0.2) is 24.3 Å². The number of allylic oxidation sites excluding steroid dienone is 3. The van der Waals surface area contributed by atoms with Gasteiger partial charge in [-0.25, -0.2) is 0 Å². The molecule has 0 bridgehead atoms. The van der Waals surface area contributed by atoms with Crippen LogP contribution in [-0.4, -0.2) is 87.5 Å². The van der Waals surface area contributed by atoms with Crippen molar-refractivity contribution in [3.63, 3.8) is 0 Å². The first-order valence-electron chi connectivity index (χ1n) is 26.6. The summed E-state index contributed by atoms with van der Waals surface area (Å²) in [7, 11) is 0. The molecule has 6 N–H and O–H groups in total. The Balaban J connectivity index is 2.27. The summed E-state index contributed by atoms with van der Waals surface area (Å²) in [6.07, 6.45) is 46.5. The van der Waals surface area contributed by atoms with Gasteiger partial charge in [0.1, 0.15) is 24.4 Å². The van der Waals surface area contributed by atoms with Crippen molar-refractivity contribution in [3.05, 3.63) is 24.3 Å². The van der Waals surface area contributed by atoms with Gasteiger partial charge < -0.3 is 40.3 Å². The van der Waals surface area contributed by atoms with Gasteiger partial charge in [-0.2, -0.15) is 0 Å². The molecule has 0 radical (unpaired) electrons. The summed E-state index contributed by atoms with van der Waals surface area (Å²) < 4.78 is 11.2. The number of unbranched alkanes of at least 4 members (excludes halogenated alkanes) is 33. The van der Waals surface area contributed by atoms with E-state index in [0.29, 0.717) is 6.42 Å². The molecule has 1 rings (SSSR count). The molecule has 0 saturated carbocycles. The Morgan fingerprint density at radius 1 is 0.532 bits per heavy atom. The number of carbonyl (C=O) groups excluding carboxylic acids is 1. The average molecular weight is 880 g/mol. The molecule has 1 aliphatic rings. The molecule has 1 heterocycles. The van der Waals surface area contributed by atoms with Gasteiger partial charge in [0, 0.05) is 6.42 Å². The summed E-state index contributed by atoms with van der Waals surface area (Å²) in [6, 6.07) is -0.805. The van der Waals surface area contributed by atoms with Crippen molar-refractivity contribution in [1.29, 1.82) is 0 Å². The zero-order chi connectivity index (χ0) is 45.1. The molecule has 1 amide bonds. The summed E-state index contributed by atoms with van der Waals surface area (Å²) >= 11 is 0. The molecule has 9 heteroatoms. The van der Waals surface area contributed by atoms with Gasteiger partial charge in [-0.15, -0.1) is 0 Å². The van der Waals surface area contributed by atoms with Gasteiger partial charge in [-0.1, -0.05) is 224 Å². The minimum atomic E-state index is -1.57. The standard InChI is InChI=1S/C53H101NO8/c1-3-5-7-9-11-13-15-17-19-21-22-23-24-25-27-29-31-33-35-37-39-41-43-49(57)54-46(45-61-53-52(60)51(59)50(58)48(44-55)62-53)47(56)42-40-38-36-34-32-30-28-26-20-18-16-14-12-10-8-6-4-2/h24-25,40,42,46-48,50-53,55-56,58-60H,3-23,26-39,41,43-45H2,1-2H3,(H,54,57)/b25-24-,42-40+. The quantitative estimate of drug-likeness (QED) is 0.0262. The number of aliphatic hydroxyl groups is 5. The molecule has 1 aliphatic heterocycles. The van der Waals surface area contributed by atoms with Crippen LogP contribution >= 0.6 is 0 Å². The minimum Gasteiger partial charge on any atom is -0.394 e. The summed E-state index contributed by atoms with van der Waals surface area (Å²) in [5.41, 5.74) is 0. The van der Waals surface area contributed by atoms with Gasteiger partial charge >= 0.3 is 0 Å².